The van der Waals surface area contributed by atoms with E-state index in [1.807, 2.05) is 0 Å². The number of imidazole rings is 1. The van der Waals surface area contributed by atoms with E-state index < -0.39 is 10.0 Å². The molecular weight excluding hydrogens is 242 g/mol. The van der Waals surface area contributed by atoms with Gasteiger partial charge in [0.1, 0.15) is 16.5 Å². The highest BCUT2D eigenvalue weighted by Crippen LogP contribution is 2.20. The number of nitrogens with one attached hydrogen (secondary N) is 2. The number of rotatable bonds is 4. The first kappa shape index (κ1) is 11.6. The van der Waals surface area contributed by atoms with Crippen molar-refractivity contribution in [2.75, 3.05) is 0 Å². The van der Waals surface area contributed by atoms with Crippen LogP contribution in [0, 0.1) is 0 Å². The lowest BCUT2D eigenvalue weighted by Gasteiger charge is -2.06. The quantitative estimate of drug-likeness (QED) is 0.743. The second-order valence-corrected chi connectivity index (χ2v) is 5.06. The van der Waals surface area contributed by atoms with Crippen molar-refractivity contribution in [3.8, 4) is 5.75 Å². The molecule has 0 saturated carbocycles. The van der Waals surface area contributed by atoms with E-state index in [4.69, 9.17) is 0 Å². The number of aromatic nitrogens is 2. The number of phenols is 1. The number of nitrogens with zero attached hydrogens (tertiary/aromatic N) is 1. The number of phenolic OH excluding ortho intramolecular Hbond substituents is 1. The summed E-state index contributed by atoms with van der Waals surface area (Å²) in [4.78, 5) is 6.52. The highest BCUT2D eigenvalue weighted by atomic mass is 32.2. The lowest BCUT2D eigenvalue weighted by molar-refractivity contribution is 0.458. The molecule has 2 aromatic rings. The summed E-state index contributed by atoms with van der Waals surface area (Å²) < 4.78 is 26.0. The smallest absolute Gasteiger partial charge is 0.244 e. The number of sulfonamides is 1. The predicted molar refractivity (Wildman–Crippen MR) is 60.7 cm³/mol. The molecule has 0 aliphatic heterocycles. The Balaban J connectivity index is 2.17. The Morgan fingerprint density at radius 2 is 2.12 bits per heavy atom. The molecule has 0 aliphatic carbocycles. The van der Waals surface area contributed by atoms with E-state index in [-0.39, 0.29) is 17.2 Å². The molecule has 0 amide bonds. The Bertz CT molecular complexity index is 593. The molecule has 2 rings (SSSR count). The van der Waals surface area contributed by atoms with Gasteiger partial charge in [-0.05, 0) is 12.1 Å². The first-order valence-electron chi connectivity index (χ1n) is 4.85. The maximum atomic E-state index is 11.8. The van der Waals surface area contributed by atoms with Gasteiger partial charge in [0, 0.05) is 12.4 Å². The third-order valence-electron chi connectivity index (χ3n) is 2.14. The number of aromatic hydroxyl groups is 1. The molecule has 90 valence electrons. The number of hydrogen-bond donors (Lipinski definition) is 3. The first-order chi connectivity index (χ1) is 8.09. The van der Waals surface area contributed by atoms with Crippen molar-refractivity contribution in [1.29, 1.82) is 0 Å². The van der Waals surface area contributed by atoms with Crippen molar-refractivity contribution >= 4 is 10.0 Å². The molecule has 0 bridgehead atoms. The topological polar surface area (TPSA) is 95.1 Å². The minimum Gasteiger partial charge on any atom is -0.507 e. The molecule has 7 heteroatoms. The molecule has 0 saturated heterocycles. The SMILES string of the molecule is O=S(=O)(NCc1ncc[nH]1)c1ccccc1O. The second-order valence-electron chi connectivity index (χ2n) is 3.33. The minimum atomic E-state index is -3.73. The normalized spacial score (nSPS) is 11.5. The van der Waals surface area contributed by atoms with E-state index in [9.17, 15) is 13.5 Å². The second kappa shape index (κ2) is 4.56. The van der Waals surface area contributed by atoms with Crippen molar-refractivity contribution < 1.29 is 13.5 Å². The molecule has 0 aliphatic rings. The van der Waals surface area contributed by atoms with Gasteiger partial charge in [-0.2, -0.15) is 0 Å². The van der Waals surface area contributed by atoms with Crippen LogP contribution in [0.1, 0.15) is 5.82 Å². The van der Waals surface area contributed by atoms with Crippen molar-refractivity contribution in [2.24, 2.45) is 0 Å². The average Bonchev–Trinajstić information content (AvgIpc) is 2.80. The molecule has 1 aromatic heterocycles. The maximum absolute atomic E-state index is 11.8. The van der Waals surface area contributed by atoms with E-state index in [0.717, 1.165) is 0 Å². The minimum absolute atomic E-state index is 0.0453. The molecule has 0 unspecified atom stereocenters. The van der Waals surface area contributed by atoms with Gasteiger partial charge in [0.2, 0.25) is 10.0 Å². The molecule has 1 aromatic carbocycles. The predicted octanol–water partition coefficient (Wildman–Crippen LogP) is 0.594. The largest absolute Gasteiger partial charge is 0.507 e. The van der Waals surface area contributed by atoms with Crippen LogP contribution in [0.4, 0.5) is 0 Å². The molecular formula is C10H11N3O3S. The van der Waals surface area contributed by atoms with E-state index in [1.54, 1.807) is 18.3 Å². The number of para-hydroxylation sites is 1. The van der Waals surface area contributed by atoms with Crippen molar-refractivity contribution in [3.63, 3.8) is 0 Å². The summed E-state index contributed by atoms with van der Waals surface area (Å²) in [6, 6.07) is 5.75. The van der Waals surface area contributed by atoms with Gasteiger partial charge in [-0.3, -0.25) is 0 Å². The van der Waals surface area contributed by atoms with Gasteiger partial charge in [-0.1, -0.05) is 12.1 Å². The Morgan fingerprint density at radius 1 is 1.35 bits per heavy atom. The Morgan fingerprint density at radius 3 is 2.76 bits per heavy atom. The van der Waals surface area contributed by atoms with Crippen LogP contribution in [0.15, 0.2) is 41.6 Å². The van der Waals surface area contributed by atoms with Gasteiger partial charge in [-0.15, -0.1) is 0 Å². The molecule has 17 heavy (non-hydrogen) atoms. The Hall–Kier alpha value is -1.86. The summed E-state index contributed by atoms with van der Waals surface area (Å²) in [5.74, 6) is 0.225. The van der Waals surface area contributed by atoms with Crippen LogP contribution in [0.3, 0.4) is 0 Å². The van der Waals surface area contributed by atoms with Crippen LogP contribution in [0.25, 0.3) is 0 Å². The summed E-state index contributed by atoms with van der Waals surface area (Å²) in [7, 11) is -3.73. The van der Waals surface area contributed by atoms with Gasteiger partial charge in [0.15, 0.2) is 0 Å². The molecule has 3 N–H and O–H groups in total. The fraction of sp³-hybridized carbons (Fsp3) is 0.100. The lowest BCUT2D eigenvalue weighted by Crippen LogP contribution is -2.23. The van der Waals surface area contributed by atoms with Gasteiger partial charge >= 0.3 is 0 Å². The molecule has 0 fully saturated rings. The number of aromatic amines is 1. The molecule has 6 nitrogen and oxygen atoms in total. The lowest BCUT2D eigenvalue weighted by atomic mass is 10.3. The van der Waals surface area contributed by atoms with Crippen LogP contribution >= 0.6 is 0 Å². The first-order valence-corrected chi connectivity index (χ1v) is 6.34. The fourth-order valence-electron chi connectivity index (χ4n) is 1.32. The number of H-pyrrole nitrogens is 1. The van der Waals surface area contributed by atoms with Crippen molar-refractivity contribution in [2.45, 2.75) is 11.4 Å². The summed E-state index contributed by atoms with van der Waals surface area (Å²) in [6.45, 7) is 0.0453. The van der Waals surface area contributed by atoms with Gasteiger partial charge in [0.05, 0.1) is 6.54 Å². The maximum Gasteiger partial charge on any atom is 0.244 e. The zero-order chi connectivity index (χ0) is 12.3. The summed E-state index contributed by atoms with van der Waals surface area (Å²) >= 11 is 0. The average molecular weight is 253 g/mol. The van der Waals surface area contributed by atoms with Gasteiger partial charge < -0.3 is 10.1 Å². The van der Waals surface area contributed by atoms with E-state index in [1.165, 1.54) is 18.3 Å². The highest BCUT2D eigenvalue weighted by Gasteiger charge is 2.17. The molecule has 0 radical (unpaired) electrons. The number of hydrogen-bond acceptors (Lipinski definition) is 4. The number of benzene rings is 1. The van der Waals surface area contributed by atoms with Gasteiger partial charge in [-0.25, -0.2) is 18.1 Å². The monoisotopic (exact) mass is 253 g/mol. The van der Waals surface area contributed by atoms with Crippen LogP contribution in [0.2, 0.25) is 0 Å². The van der Waals surface area contributed by atoms with Gasteiger partial charge in [0.25, 0.3) is 0 Å². The van der Waals surface area contributed by atoms with E-state index in [0.29, 0.717) is 5.82 Å². The molecule has 0 spiro atoms. The van der Waals surface area contributed by atoms with Crippen LogP contribution in [-0.2, 0) is 16.6 Å². The van der Waals surface area contributed by atoms with E-state index >= 15 is 0 Å². The fourth-order valence-corrected chi connectivity index (χ4v) is 2.40. The zero-order valence-corrected chi connectivity index (χ0v) is 9.61. The molecule has 0 atom stereocenters. The Kier molecular flexibility index (Phi) is 3.12. The third kappa shape index (κ3) is 2.63. The summed E-state index contributed by atoms with van der Waals surface area (Å²) in [5.41, 5.74) is 0. The highest BCUT2D eigenvalue weighted by molar-refractivity contribution is 7.89. The van der Waals surface area contributed by atoms with E-state index in [2.05, 4.69) is 14.7 Å². The third-order valence-corrected chi connectivity index (χ3v) is 3.59. The summed E-state index contributed by atoms with van der Waals surface area (Å²) in [5, 5.41) is 9.46. The van der Waals surface area contributed by atoms with Crippen LogP contribution in [-0.4, -0.2) is 23.5 Å². The zero-order valence-electron chi connectivity index (χ0n) is 8.79. The Labute approximate surface area is 98.4 Å². The molecule has 1 heterocycles. The van der Waals surface area contributed by atoms with Crippen molar-refractivity contribution in [3.05, 3.63) is 42.5 Å². The standard InChI is InChI=1S/C10H11N3O3S/c14-8-3-1-2-4-9(8)17(15,16)13-7-10-11-5-6-12-10/h1-6,13-14H,7H2,(H,11,12). The summed E-state index contributed by atoms with van der Waals surface area (Å²) in [6.07, 6.45) is 3.13. The van der Waals surface area contributed by atoms with Crippen LogP contribution in [0.5, 0.6) is 5.75 Å². The van der Waals surface area contributed by atoms with Crippen molar-refractivity contribution in [1.82, 2.24) is 14.7 Å². The van der Waals surface area contributed by atoms with Crippen LogP contribution < -0.4 is 4.72 Å².